The zero-order chi connectivity index (χ0) is 10.8. The summed E-state index contributed by atoms with van der Waals surface area (Å²) in [5, 5.41) is 4.73. The maximum atomic E-state index is 5.37. The smallest absolute Gasteiger partial charge is 0.262 e. The number of hydrogen-bond acceptors (Lipinski definition) is 4. The lowest BCUT2D eigenvalue weighted by Crippen LogP contribution is -2.10. The third-order valence-corrected chi connectivity index (χ3v) is 2.50. The van der Waals surface area contributed by atoms with Gasteiger partial charge in [-0.25, -0.2) is 0 Å². The van der Waals surface area contributed by atoms with E-state index >= 15 is 0 Å². The lowest BCUT2D eigenvalue weighted by Gasteiger charge is -1.99. The highest BCUT2D eigenvalue weighted by molar-refractivity contribution is 9.10. The van der Waals surface area contributed by atoms with Crippen molar-refractivity contribution in [2.24, 2.45) is 5.73 Å². The molecule has 1 heterocycles. The van der Waals surface area contributed by atoms with Crippen LogP contribution >= 0.6 is 15.9 Å². The van der Waals surface area contributed by atoms with Crippen LogP contribution < -0.4 is 10.5 Å². The molecule has 4 nitrogen and oxygen atoms in total. The first-order chi connectivity index (χ1) is 7.22. The molecule has 0 unspecified atom stereocenters. The zero-order valence-corrected chi connectivity index (χ0v) is 9.87. The van der Waals surface area contributed by atoms with Gasteiger partial charge in [0.2, 0.25) is 0 Å². The fraction of sp³-hybridized carbons (Fsp3) is 0.300. The predicted molar refractivity (Wildman–Crippen MR) is 61.0 cm³/mol. The Morgan fingerprint density at radius 3 is 3.07 bits per heavy atom. The molecule has 15 heavy (non-hydrogen) atoms. The number of aryl methyl sites for hydroxylation is 1. The van der Waals surface area contributed by atoms with E-state index in [0.29, 0.717) is 19.0 Å². The van der Waals surface area contributed by atoms with Crippen molar-refractivity contribution in [1.82, 2.24) is 5.16 Å². The summed E-state index contributed by atoms with van der Waals surface area (Å²) >= 11 is 3.42. The van der Waals surface area contributed by atoms with Gasteiger partial charge in [0.25, 0.3) is 5.88 Å². The van der Waals surface area contributed by atoms with Crippen molar-refractivity contribution < 1.29 is 9.26 Å². The largest absolute Gasteiger partial charge is 0.474 e. The molecule has 5 heteroatoms. The van der Waals surface area contributed by atoms with Crippen LogP contribution in [-0.2, 0) is 0 Å². The van der Waals surface area contributed by atoms with E-state index in [1.54, 1.807) is 0 Å². The Kier molecular flexibility index (Phi) is 2.93. The Hall–Kier alpha value is -1.07. The minimum Gasteiger partial charge on any atom is -0.474 e. The molecule has 0 amide bonds. The van der Waals surface area contributed by atoms with E-state index in [1.165, 1.54) is 0 Å². The second-order valence-electron chi connectivity index (χ2n) is 3.22. The van der Waals surface area contributed by atoms with Crippen LogP contribution in [0.5, 0.6) is 5.88 Å². The van der Waals surface area contributed by atoms with E-state index in [0.717, 1.165) is 21.0 Å². The summed E-state index contributed by atoms with van der Waals surface area (Å²) < 4.78 is 11.5. The third-order valence-electron chi connectivity index (χ3n) is 2.05. The summed E-state index contributed by atoms with van der Waals surface area (Å²) in [4.78, 5) is 0. The highest BCUT2D eigenvalue weighted by Gasteiger charge is 2.11. The van der Waals surface area contributed by atoms with Crippen molar-refractivity contribution in [2.75, 3.05) is 13.2 Å². The number of aromatic nitrogens is 1. The maximum absolute atomic E-state index is 5.37. The minimum absolute atomic E-state index is 0.438. The average Bonchev–Trinajstić information content (AvgIpc) is 2.58. The van der Waals surface area contributed by atoms with Gasteiger partial charge in [-0.3, -0.25) is 0 Å². The standard InChI is InChI=1S/C10H11BrN2O2/c1-6-4-7(11)5-8-9(6)15-13-10(8)14-3-2-12/h4-5H,2-3,12H2,1H3. The van der Waals surface area contributed by atoms with Crippen molar-refractivity contribution >= 4 is 26.9 Å². The zero-order valence-electron chi connectivity index (χ0n) is 8.29. The van der Waals surface area contributed by atoms with Crippen molar-refractivity contribution in [1.29, 1.82) is 0 Å². The van der Waals surface area contributed by atoms with Gasteiger partial charge in [-0.05, 0) is 29.8 Å². The Balaban J connectivity index is 2.49. The number of halogens is 1. The Morgan fingerprint density at radius 2 is 2.33 bits per heavy atom. The maximum Gasteiger partial charge on any atom is 0.262 e. The molecule has 2 rings (SSSR count). The van der Waals surface area contributed by atoms with Gasteiger partial charge in [0, 0.05) is 11.0 Å². The molecule has 0 saturated heterocycles. The fourth-order valence-corrected chi connectivity index (χ4v) is 1.98. The van der Waals surface area contributed by atoms with Crippen LogP contribution in [0, 0.1) is 6.92 Å². The van der Waals surface area contributed by atoms with Crippen molar-refractivity contribution in [2.45, 2.75) is 6.92 Å². The normalized spacial score (nSPS) is 10.9. The Labute approximate surface area is 95.5 Å². The van der Waals surface area contributed by atoms with Crippen molar-refractivity contribution in [3.63, 3.8) is 0 Å². The number of rotatable bonds is 3. The third kappa shape index (κ3) is 1.98. The SMILES string of the molecule is Cc1cc(Br)cc2c(OCCN)noc12. The van der Waals surface area contributed by atoms with Crippen LogP contribution in [0.2, 0.25) is 0 Å². The molecule has 0 aliphatic carbocycles. The van der Waals surface area contributed by atoms with Gasteiger partial charge in [0.1, 0.15) is 6.61 Å². The molecule has 2 aromatic rings. The first kappa shape index (κ1) is 10.4. The number of nitrogens with zero attached hydrogens (tertiary/aromatic N) is 1. The van der Waals surface area contributed by atoms with Gasteiger partial charge < -0.3 is 15.0 Å². The summed E-state index contributed by atoms with van der Waals surface area (Å²) in [5.74, 6) is 0.500. The van der Waals surface area contributed by atoms with Gasteiger partial charge in [0.15, 0.2) is 5.58 Å². The molecular formula is C10H11BrN2O2. The second kappa shape index (κ2) is 4.20. The van der Waals surface area contributed by atoms with Gasteiger partial charge in [0.05, 0.1) is 5.39 Å². The second-order valence-corrected chi connectivity index (χ2v) is 4.14. The molecule has 2 N–H and O–H groups in total. The molecule has 0 radical (unpaired) electrons. The molecule has 0 fully saturated rings. The van der Waals surface area contributed by atoms with E-state index in [1.807, 2.05) is 19.1 Å². The van der Waals surface area contributed by atoms with Gasteiger partial charge in [-0.15, -0.1) is 0 Å². The highest BCUT2D eigenvalue weighted by atomic mass is 79.9. The molecule has 0 aliphatic heterocycles. The van der Waals surface area contributed by atoms with Crippen molar-refractivity contribution in [3.8, 4) is 5.88 Å². The van der Waals surface area contributed by atoms with E-state index < -0.39 is 0 Å². The molecule has 80 valence electrons. The van der Waals surface area contributed by atoms with E-state index in [-0.39, 0.29) is 0 Å². The molecule has 0 atom stereocenters. The number of nitrogens with two attached hydrogens (primary N) is 1. The molecule has 0 aliphatic rings. The van der Waals surface area contributed by atoms with Gasteiger partial charge >= 0.3 is 0 Å². The van der Waals surface area contributed by atoms with E-state index in [4.69, 9.17) is 15.0 Å². The minimum atomic E-state index is 0.438. The Bertz CT molecular complexity index is 481. The summed E-state index contributed by atoms with van der Waals surface area (Å²) in [6, 6.07) is 3.89. The quantitative estimate of drug-likeness (QED) is 0.929. The van der Waals surface area contributed by atoms with Crippen LogP contribution in [0.15, 0.2) is 21.1 Å². The monoisotopic (exact) mass is 270 g/mol. The average molecular weight is 271 g/mol. The lowest BCUT2D eigenvalue weighted by molar-refractivity contribution is 0.293. The van der Waals surface area contributed by atoms with Crippen LogP contribution in [0.4, 0.5) is 0 Å². The number of benzene rings is 1. The summed E-state index contributed by atoms with van der Waals surface area (Å²) in [6.45, 7) is 2.86. The van der Waals surface area contributed by atoms with E-state index in [9.17, 15) is 0 Å². The van der Waals surface area contributed by atoms with Crippen LogP contribution in [-0.4, -0.2) is 18.3 Å². The van der Waals surface area contributed by atoms with E-state index in [2.05, 4.69) is 21.1 Å². The van der Waals surface area contributed by atoms with Crippen LogP contribution in [0.25, 0.3) is 11.0 Å². The number of hydrogen-bond donors (Lipinski definition) is 1. The van der Waals surface area contributed by atoms with Crippen LogP contribution in [0.1, 0.15) is 5.56 Å². The molecule has 1 aromatic heterocycles. The first-order valence-corrected chi connectivity index (χ1v) is 5.40. The predicted octanol–water partition coefficient (Wildman–Crippen LogP) is 2.24. The lowest BCUT2D eigenvalue weighted by atomic mass is 10.2. The summed E-state index contributed by atoms with van der Waals surface area (Å²) in [5.41, 5.74) is 7.13. The fourth-order valence-electron chi connectivity index (χ4n) is 1.41. The topological polar surface area (TPSA) is 61.3 Å². The van der Waals surface area contributed by atoms with Crippen LogP contribution in [0.3, 0.4) is 0 Å². The van der Waals surface area contributed by atoms with Crippen molar-refractivity contribution in [3.05, 3.63) is 22.2 Å². The Morgan fingerprint density at radius 1 is 1.53 bits per heavy atom. The van der Waals surface area contributed by atoms with Gasteiger partial charge in [-0.1, -0.05) is 15.9 Å². The summed E-state index contributed by atoms with van der Waals surface area (Å²) in [6.07, 6.45) is 0. The number of fused-ring (bicyclic) bond motifs is 1. The molecule has 0 saturated carbocycles. The first-order valence-electron chi connectivity index (χ1n) is 4.61. The highest BCUT2D eigenvalue weighted by Crippen LogP contribution is 2.30. The number of ether oxygens (including phenoxy) is 1. The summed E-state index contributed by atoms with van der Waals surface area (Å²) in [7, 11) is 0. The molecule has 0 spiro atoms. The molecule has 0 bridgehead atoms. The molecule has 1 aromatic carbocycles. The molecular weight excluding hydrogens is 260 g/mol. The van der Waals surface area contributed by atoms with Gasteiger partial charge in [-0.2, -0.15) is 0 Å².